The van der Waals surface area contributed by atoms with E-state index in [-0.39, 0.29) is 42.0 Å². The topological polar surface area (TPSA) is 96.1 Å². The zero-order valence-corrected chi connectivity index (χ0v) is 8.28. The SMILES string of the molecule is Cl.Cl.N=C(N)c1c(N)cccc1O. The maximum absolute atomic E-state index is 9.16. The number of nitrogens with one attached hydrogen (secondary N) is 1. The lowest BCUT2D eigenvalue weighted by Crippen LogP contribution is -2.13. The molecule has 0 bridgehead atoms. The van der Waals surface area contributed by atoms with Crippen LogP contribution in [0.5, 0.6) is 5.75 Å². The first-order chi connectivity index (χ1) is 5.13. The van der Waals surface area contributed by atoms with Crippen LogP contribution < -0.4 is 11.5 Å². The van der Waals surface area contributed by atoms with Crippen LogP contribution in [0.1, 0.15) is 5.56 Å². The molecule has 0 fully saturated rings. The second kappa shape index (κ2) is 5.50. The van der Waals surface area contributed by atoms with Crippen molar-refractivity contribution in [3.63, 3.8) is 0 Å². The van der Waals surface area contributed by atoms with Gasteiger partial charge in [-0.2, -0.15) is 0 Å². The standard InChI is InChI=1S/C7H9N3O.2ClH/c8-4-2-1-3-5(11)6(4)7(9)10;;/h1-3,11H,8H2,(H3,9,10);2*1H. The van der Waals surface area contributed by atoms with Gasteiger partial charge in [0.1, 0.15) is 11.6 Å². The van der Waals surface area contributed by atoms with Crippen LogP contribution in [0.2, 0.25) is 0 Å². The number of anilines is 1. The molecule has 1 aromatic carbocycles. The third kappa shape index (κ3) is 3.01. The van der Waals surface area contributed by atoms with Gasteiger partial charge in [-0.3, -0.25) is 5.41 Å². The second-order valence-corrected chi connectivity index (χ2v) is 2.16. The first-order valence-electron chi connectivity index (χ1n) is 3.04. The summed E-state index contributed by atoms with van der Waals surface area (Å²) in [4.78, 5) is 0. The van der Waals surface area contributed by atoms with E-state index in [1.165, 1.54) is 6.07 Å². The van der Waals surface area contributed by atoms with Crippen LogP contribution in [0.4, 0.5) is 5.69 Å². The van der Waals surface area contributed by atoms with Gasteiger partial charge in [0.25, 0.3) is 0 Å². The molecule has 0 aliphatic heterocycles. The number of halogens is 2. The molecule has 0 aliphatic carbocycles. The van der Waals surface area contributed by atoms with E-state index in [0.717, 1.165) is 0 Å². The van der Waals surface area contributed by atoms with Crippen LogP contribution in [0.25, 0.3) is 0 Å². The quantitative estimate of drug-likeness (QED) is 0.326. The van der Waals surface area contributed by atoms with Gasteiger partial charge in [0.05, 0.1) is 5.56 Å². The molecule has 0 saturated heterocycles. The van der Waals surface area contributed by atoms with E-state index in [1.807, 2.05) is 0 Å². The summed E-state index contributed by atoms with van der Waals surface area (Å²) < 4.78 is 0. The van der Waals surface area contributed by atoms with Crippen molar-refractivity contribution in [2.75, 3.05) is 5.73 Å². The Morgan fingerprint density at radius 1 is 1.31 bits per heavy atom. The number of hydrogen-bond acceptors (Lipinski definition) is 3. The number of aromatic hydroxyl groups is 1. The second-order valence-electron chi connectivity index (χ2n) is 2.16. The minimum Gasteiger partial charge on any atom is -0.507 e. The average Bonchev–Trinajstić information content (AvgIpc) is 1.85. The van der Waals surface area contributed by atoms with Gasteiger partial charge in [-0.25, -0.2) is 0 Å². The predicted molar refractivity (Wildman–Crippen MR) is 58.0 cm³/mol. The first-order valence-corrected chi connectivity index (χ1v) is 3.04. The molecule has 0 aromatic heterocycles. The number of hydrogen-bond donors (Lipinski definition) is 4. The van der Waals surface area contributed by atoms with Crippen molar-refractivity contribution in [1.82, 2.24) is 0 Å². The van der Waals surface area contributed by atoms with Gasteiger partial charge in [0.15, 0.2) is 0 Å². The summed E-state index contributed by atoms with van der Waals surface area (Å²) in [5, 5.41) is 16.2. The predicted octanol–water partition coefficient (Wildman–Crippen LogP) is 1.10. The molecule has 1 rings (SSSR count). The van der Waals surface area contributed by atoms with Crippen LogP contribution in [-0.2, 0) is 0 Å². The number of benzene rings is 1. The summed E-state index contributed by atoms with van der Waals surface area (Å²) in [7, 11) is 0. The minimum absolute atomic E-state index is 0. The van der Waals surface area contributed by atoms with Crippen molar-refractivity contribution in [3.8, 4) is 5.75 Å². The van der Waals surface area contributed by atoms with Crippen molar-refractivity contribution in [2.45, 2.75) is 0 Å². The van der Waals surface area contributed by atoms with Crippen LogP contribution in [-0.4, -0.2) is 10.9 Å². The highest BCUT2D eigenvalue weighted by molar-refractivity contribution is 6.02. The van der Waals surface area contributed by atoms with Gasteiger partial charge in [-0.15, -0.1) is 24.8 Å². The molecule has 0 amide bonds. The Hall–Kier alpha value is -1.13. The molecule has 6 N–H and O–H groups in total. The molecular weight excluding hydrogens is 213 g/mol. The third-order valence-corrected chi connectivity index (χ3v) is 1.34. The normalized spacial score (nSPS) is 8.00. The molecule has 13 heavy (non-hydrogen) atoms. The van der Waals surface area contributed by atoms with E-state index in [4.69, 9.17) is 22.0 Å². The van der Waals surface area contributed by atoms with Gasteiger partial charge >= 0.3 is 0 Å². The van der Waals surface area contributed by atoms with Crippen molar-refractivity contribution in [2.24, 2.45) is 5.73 Å². The smallest absolute Gasteiger partial charge is 0.128 e. The molecule has 0 atom stereocenters. The molecule has 6 heteroatoms. The Bertz CT molecular complexity index is 284. The summed E-state index contributed by atoms with van der Waals surface area (Å²) >= 11 is 0. The lowest BCUT2D eigenvalue weighted by atomic mass is 10.1. The molecule has 0 unspecified atom stereocenters. The Kier molecular flexibility index (Phi) is 6.10. The Morgan fingerprint density at radius 3 is 2.15 bits per heavy atom. The summed E-state index contributed by atoms with van der Waals surface area (Å²) in [5.41, 5.74) is 11.1. The van der Waals surface area contributed by atoms with Gasteiger partial charge in [0, 0.05) is 5.69 Å². The first kappa shape index (κ1) is 14.4. The fraction of sp³-hybridized carbons (Fsp3) is 0. The molecule has 0 spiro atoms. The molecule has 0 saturated carbocycles. The maximum atomic E-state index is 9.16. The Labute approximate surface area is 88.3 Å². The van der Waals surface area contributed by atoms with Gasteiger partial charge in [0.2, 0.25) is 0 Å². The molecular formula is C7H11Cl2N3O. The molecule has 0 radical (unpaired) electrons. The van der Waals surface area contributed by atoms with Crippen LogP contribution in [0.15, 0.2) is 18.2 Å². The van der Waals surface area contributed by atoms with E-state index < -0.39 is 0 Å². The van der Waals surface area contributed by atoms with Crippen molar-refractivity contribution < 1.29 is 5.11 Å². The third-order valence-electron chi connectivity index (χ3n) is 1.34. The lowest BCUT2D eigenvalue weighted by Gasteiger charge is -2.04. The zero-order chi connectivity index (χ0) is 8.43. The molecule has 1 aromatic rings. The maximum Gasteiger partial charge on any atom is 0.128 e. The van der Waals surface area contributed by atoms with Crippen molar-refractivity contribution in [3.05, 3.63) is 23.8 Å². The number of phenolic OH excluding ortho intramolecular Hbond substituents is 1. The number of amidine groups is 1. The van der Waals surface area contributed by atoms with E-state index in [1.54, 1.807) is 12.1 Å². The number of nitrogens with two attached hydrogens (primary N) is 2. The van der Waals surface area contributed by atoms with Crippen LogP contribution in [0.3, 0.4) is 0 Å². The van der Waals surface area contributed by atoms with Crippen molar-refractivity contribution in [1.29, 1.82) is 5.41 Å². The highest BCUT2D eigenvalue weighted by Crippen LogP contribution is 2.21. The lowest BCUT2D eigenvalue weighted by molar-refractivity contribution is 0.474. The molecule has 0 aliphatic rings. The highest BCUT2D eigenvalue weighted by atomic mass is 35.5. The Morgan fingerprint density at radius 2 is 1.85 bits per heavy atom. The van der Waals surface area contributed by atoms with Gasteiger partial charge in [-0.1, -0.05) is 6.07 Å². The summed E-state index contributed by atoms with van der Waals surface area (Å²) in [6, 6.07) is 4.61. The Balaban J connectivity index is 0. The number of rotatable bonds is 1. The summed E-state index contributed by atoms with van der Waals surface area (Å²) in [6.45, 7) is 0. The summed E-state index contributed by atoms with van der Waals surface area (Å²) in [5.74, 6) is -0.280. The van der Waals surface area contributed by atoms with Crippen molar-refractivity contribution >= 4 is 36.3 Å². The van der Waals surface area contributed by atoms with Gasteiger partial charge in [-0.05, 0) is 12.1 Å². The average molecular weight is 224 g/mol. The van der Waals surface area contributed by atoms with Gasteiger partial charge < -0.3 is 16.6 Å². The monoisotopic (exact) mass is 223 g/mol. The van der Waals surface area contributed by atoms with Crippen LogP contribution >= 0.6 is 24.8 Å². The highest BCUT2D eigenvalue weighted by Gasteiger charge is 2.06. The largest absolute Gasteiger partial charge is 0.507 e. The van der Waals surface area contributed by atoms with E-state index in [9.17, 15) is 0 Å². The number of phenols is 1. The van der Waals surface area contributed by atoms with E-state index in [2.05, 4.69) is 0 Å². The minimum atomic E-state index is -0.222. The van der Waals surface area contributed by atoms with E-state index in [0.29, 0.717) is 5.69 Å². The molecule has 74 valence electrons. The molecule has 4 nitrogen and oxygen atoms in total. The summed E-state index contributed by atoms with van der Waals surface area (Å²) in [6.07, 6.45) is 0. The zero-order valence-electron chi connectivity index (χ0n) is 6.65. The van der Waals surface area contributed by atoms with E-state index >= 15 is 0 Å². The fourth-order valence-corrected chi connectivity index (χ4v) is 0.851. The molecule has 0 heterocycles. The fourth-order valence-electron chi connectivity index (χ4n) is 0.851. The van der Waals surface area contributed by atoms with Crippen LogP contribution in [0, 0.1) is 5.41 Å². The number of nitrogen functional groups attached to an aromatic ring is 2.